The standard InChI is InChI=1S/C35H27Cl2F3N4O7/c36-19-5-3-17(4-6-19)34-24(31(49)44(33(34)51)42-29-25(37)13-18(15-41-29)35(38,39)40)14-23-21(28(34)16-1-7-20(45)8-2-16)9-10-22-27(23)32(50)43(30(22)48)12-11-26(46)47/h1-9,13,15,22-24,27-28,45H,10-12,14H2,(H,41,42)(H,46,47)/t22-,23+,24-,27-,28-,34+/m0/s1. The van der Waals surface area contributed by atoms with Crippen LogP contribution in [0.1, 0.15) is 41.9 Å². The summed E-state index contributed by atoms with van der Waals surface area (Å²) in [7, 11) is 0. The molecule has 4 aliphatic rings. The second-order valence-electron chi connectivity index (χ2n) is 13.0. The van der Waals surface area contributed by atoms with Crippen LogP contribution in [-0.2, 0) is 35.6 Å². The lowest BCUT2D eigenvalue weighted by molar-refractivity contribution is -0.143. The largest absolute Gasteiger partial charge is 0.508 e. The molecular weight excluding hydrogens is 716 g/mol. The number of carboxylic acids is 1. The number of hydrogen-bond donors (Lipinski definition) is 3. The fraction of sp³-hybridized carbons (Fsp3) is 0.314. The number of allylic oxidation sites excluding steroid dienone is 2. The highest BCUT2D eigenvalue weighted by Crippen LogP contribution is 2.64. The molecule has 2 aliphatic carbocycles. The normalized spacial score (nSPS) is 27.2. The van der Waals surface area contributed by atoms with Crippen LogP contribution in [0.25, 0.3) is 0 Å². The number of carbonyl (C=O) groups is 5. The highest BCUT2D eigenvalue weighted by atomic mass is 35.5. The van der Waals surface area contributed by atoms with E-state index in [0.29, 0.717) is 39.0 Å². The summed E-state index contributed by atoms with van der Waals surface area (Å²) in [5.41, 5.74) is 1.16. The fourth-order valence-corrected chi connectivity index (χ4v) is 8.65. The Labute approximate surface area is 297 Å². The maximum atomic E-state index is 15.1. The maximum absolute atomic E-state index is 15.1. The number of phenols is 1. The zero-order valence-electron chi connectivity index (χ0n) is 26.2. The smallest absolute Gasteiger partial charge is 0.417 e. The number of amides is 4. The van der Waals surface area contributed by atoms with Crippen LogP contribution in [0, 0.1) is 23.7 Å². The first-order valence-electron chi connectivity index (χ1n) is 15.8. The van der Waals surface area contributed by atoms with E-state index in [9.17, 15) is 42.6 Å². The van der Waals surface area contributed by atoms with Crippen molar-refractivity contribution in [3.63, 3.8) is 0 Å². The number of phenolic OH excluding ortho intramolecular Hbond substituents is 1. The van der Waals surface area contributed by atoms with Crippen LogP contribution >= 0.6 is 23.2 Å². The number of anilines is 1. The van der Waals surface area contributed by atoms with Crippen molar-refractivity contribution in [1.82, 2.24) is 14.9 Å². The number of carbonyl (C=O) groups excluding carboxylic acids is 4. The van der Waals surface area contributed by atoms with Gasteiger partial charge in [0, 0.05) is 23.7 Å². The highest BCUT2D eigenvalue weighted by Gasteiger charge is 2.70. The third-order valence-electron chi connectivity index (χ3n) is 10.4. The quantitative estimate of drug-likeness (QED) is 0.208. The number of nitrogens with one attached hydrogen (secondary N) is 1. The summed E-state index contributed by atoms with van der Waals surface area (Å²) in [4.78, 5) is 73.1. The Bertz CT molecular complexity index is 2020. The molecule has 16 heteroatoms. The summed E-state index contributed by atoms with van der Waals surface area (Å²) in [6.07, 6.45) is -2.88. The topological polar surface area (TPSA) is 157 Å². The number of nitrogens with zero attached hydrogens (tertiary/aromatic N) is 3. The number of carboxylic acid groups (broad SMARTS) is 1. The number of aliphatic carboxylic acids is 1. The van der Waals surface area contributed by atoms with Gasteiger partial charge in [-0.15, -0.1) is 0 Å². The van der Waals surface area contributed by atoms with Gasteiger partial charge in [-0.25, -0.2) is 4.98 Å². The van der Waals surface area contributed by atoms with Gasteiger partial charge in [-0.1, -0.05) is 59.1 Å². The minimum Gasteiger partial charge on any atom is -0.508 e. The van der Waals surface area contributed by atoms with E-state index in [4.69, 9.17) is 23.2 Å². The number of rotatable bonds is 7. The van der Waals surface area contributed by atoms with Crippen LogP contribution in [0.3, 0.4) is 0 Å². The average Bonchev–Trinajstić information content (AvgIpc) is 3.45. The highest BCUT2D eigenvalue weighted by molar-refractivity contribution is 6.33. The second kappa shape index (κ2) is 12.4. The zero-order valence-corrected chi connectivity index (χ0v) is 27.7. The van der Waals surface area contributed by atoms with Gasteiger partial charge in [-0.2, -0.15) is 18.2 Å². The second-order valence-corrected chi connectivity index (χ2v) is 13.8. The molecule has 0 unspecified atom stereocenters. The monoisotopic (exact) mass is 742 g/mol. The zero-order chi connectivity index (χ0) is 36.6. The predicted octanol–water partition coefficient (Wildman–Crippen LogP) is 5.57. The molecule has 3 aromatic rings. The lowest BCUT2D eigenvalue weighted by atomic mass is 9.49. The number of halogens is 5. The van der Waals surface area contributed by atoms with Crippen molar-refractivity contribution in [2.45, 2.75) is 36.8 Å². The number of aromatic hydroxyl groups is 1. The molecule has 11 nitrogen and oxygen atoms in total. The molecule has 51 heavy (non-hydrogen) atoms. The van der Waals surface area contributed by atoms with E-state index in [2.05, 4.69) is 10.4 Å². The number of pyridine rings is 1. The molecule has 4 amide bonds. The summed E-state index contributed by atoms with van der Waals surface area (Å²) >= 11 is 12.4. The van der Waals surface area contributed by atoms with Crippen LogP contribution in [0.4, 0.5) is 19.0 Å². The molecule has 2 aromatic carbocycles. The molecule has 7 rings (SSSR count). The van der Waals surface area contributed by atoms with Crippen molar-refractivity contribution in [2.75, 3.05) is 12.0 Å². The van der Waals surface area contributed by atoms with E-state index in [1.54, 1.807) is 42.5 Å². The van der Waals surface area contributed by atoms with Gasteiger partial charge < -0.3 is 10.2 Å². The van der Waals surface area contributed by atoms with Crippen LogP contribution in [0.5, 0.6) is 5.75 Å². The lowest BCUT2D eigenvalue weighted by Gasteiger charge is -2.50. The molecule has 6 atom stereocenters. The average molecular weight is 744 g/mol. The van der Waals surface area contributed by atoms with Crippen molar-refractivity contribution in [3.05, 3.63) is 99.2 Å². The fourth-order valence-electron chi connectivity index (χ4n) is 8.32. The Morgan fingerprint density at radius 1 is 0.980 bits per heavy atom. The third kappa shape index (κ3) is 5.43. The lowest BCUT2D eigenvalue weighted by Crippen LogP contribution is -2.53. The van der Waals surface area contributed by atoms with Gasteiger partial charge in [0.25, 0.3) is 11.8 Å². The Morgan fingerprint density at radius 2 is 1.67 bits per heavy atom. The summed E-state index contributed by atoms with van der Waals surface area (Å²) in [5.74, 6) is -8.99. The molecule has 3 heterocycles. The first-order valence-corrected chi connectivity index (χ1v) is 16.6. The number of benzene rings is 2. The molecule has 2 aliphatic heterocycles. The Balaban J connectivity index is 1.40. The van der Waals surface area contributed by atoms with Gasteiger partial charge in [-0.3, -0.25) is 34.3 Å². The van der Waals surface area contributed by atoms with Crippen LogP contribution in [0.15, 0.2) is 72.4 Å². The van der Waals surface area contributed by atoms with Gasteiger partial charge >= 0.3 is 12.1 Å². The van der Waals surface area contributed by atoms with Gasteiger partial charge in [-0.05, 0) is 60.2 Å². The van der Waals surface area contributed by atoms with Crippen molar-refractivity contribution in [2.24, 2.45) is 23.7 Å². The van der Waals surface area contributed by atoms with Crippen LogP contribution in [0.2, 0.25) is 10.0 Å². The number of hydrogen-bond acceptors (Lipinski definition) is 8. The minimum absolute atomic E-state index is 0.0772. The Kier molecular flexibility index (Phi) is 8.37. The minimum atomic E-state index is -4.76. The van der Waals surface area contributed by atoms with E-state index < -0.39 is 87.8 Å². The summed E-state index contributed by atoms with van der Waals surface area (Å²) in [6, 6.07) is 12.9. The van der Waals surface area contributed by atoms with Crippen molar-refractivity contribution >= 4 is 58.6 Å². The van der Waals surface area contributed by atoms with Crippen LogP contribution < -0.4 is 5.43 Å². The number of imide groups is 2. The third-order valence-corrected chi connectivity index (χ3v) is 11.0. The van der Waals surface area contributed by atoms with E-state index in [0.717, 1.165) is 4.90 Å². The number of likely N-dealkylation sites (tertiary alicyclic amines) is 1. The molecular formula is C35H27Cl2F3N4O7. The summed E-state index contributed by atoms with van der Waals surface area (Å²) in [6.45, 7) is -0.322. The van der Waals surface area contributed by atoms with Gasteiger partial charge in [0.05, 0.1) is 40.2 Å². The number of aromatic nitrogens is 1. The molecule has 2 saturated heterocycles. The molecule has 1 aromatic heterocycles. The van der Waals surface area contributed by atoms with Crippen molar-refractivity contribution < 1.29 is 47.4 Å². The Hall–Kier alpha value is -4.95. The molecule has 0 bridgehead atoms. The molecule has 1 saturated carbocycles. The van der Waals surface area contributed by atoms with Crippen molar-refractivity contribution in [3.8, 4) is 5.75 Å². The molecule has 3 fully saturated rings. The number of fused-ring (bicyclic) bond motifs is 4. The van der Waals surface area contributed by atoms with E-state index in [1.165, 1.54) is 12.1 Å². The maximum Gasteiger partial charge on any atom is 0.417 e. The Morgan fingerprint density at radius 3 is 2.29 bits per heavy atom. The molecule has 0 spiro atoms. The van der Waals surface area contributed by atoms with Gasteiger partial charge in [0.15, 0.2) is 5.82 Å². The SMILES string of the molecule is O=C(O)CCN1C(=O)[C@H]2[C@H](CC=C3[C@H]2C[C@H]2C(=O)N(Nc4ncc(C(F)(F)F)cc4Cl)C(=O)[C@@]2(c2ccc(Cl)cc2)[C@H]3c2ccc(O)cc2)C1=O. The van der Waals surface area contributed by atoms with E-state index >= 15 is 4.79 Å². The number of hydrazine groups is 1. The number of alkyl halides is 3. The van der Waals surface area contributed by atoms with E-state index in [1.807, 2.05) is 0 Å². The van der Waals surface area contributed by atoms with Crippen molar-refractivity contribution in [1.29, 1.82) is 0 Å². The van der Waals surface area contributed by atoms with Gasteiger partial charge in [0.2, 0.25) is 11.8 Å². The van der Waals surface area contributed by atoms with E-state index in [-0.39, 0.29) is 31.0 Å². The molecule has 264 valence electrons. The molecule has 3 N–H and O–H groups in total. The first kappa shape index (κ1) is 34.5. The van der Waals surface area contributed by atoms with Gasteiger partial charge in [0.1, 0.15) is 5.75 Å². The summed E-state index contributed by atoms with van der Waals surface area (Å²) < 4.78 is 40.1. The first-order chi connectivity index (χ1) is 24.1. The summed E-state index contributed by atoms with van der Waals surface area (Å²) in [5, 5.41) is 20.0. The van der Waals surface area contributed by atoms with Crippen LogP contribution in [-0.4, -0.2) is 61.2 Å². The molecule has 0 radical (unpaired) electrons. The predicted molar refractivity (Wildman–Crippen MR) is 174 cm³/mol.